The van der Waals surface area contributed by atoms with Gasteiger partial charge in [-0.15, -0.1) is 0 Å². The number of aliphatic hydroxyl groups is 1. The molecule has 1 fully saturated rings. The van der Waals surface area contributed by atoms with Crippen LogP contribution in [0.15, 0.2) is 24.5 Å². The predicted octanol–water partition coefficient (Wildman–Crippen LogP) is 2.60. The van der Waals surface area contributed by atoms with Crippen LogP contribution in [0.25, 0.3) is 11.4 Å². The molecule has 120 valence electrons. The highest BCUT2D eigenvalue weighted by Gasteiger charge is 2.42. The summed E-state index contributed by atoms with van der Waals surface area (Å²) >= 11 is 0. The van der Waals surface area contributed by atoms with Crippen molar-refractivity contribution >= 4 is 5.82 Å². The van der Waals surface area contributed by atoms with Gasteiger partial charge >= 0.3 is 0 Å². The number of fused-ring (bicyclic) bond motifs is 1. The third-order valence-corrected chi connectivity index (χ3v) is 5.08. The first kappa shape index (κ1) is 14.6. The molecule has 0 saturated heterocycles. The van der Waals surface area contributed by atoms with Crippen LogP contribution in [0.3, 0.4) is 0 Å². The van der Waals surface area contributed by atoms with Crippen molar-refractivity contribution in [2.24, 2.45) is 5.92 Å². The molecule has 1 atom stereocenters. The van der Waals surface area contributed by atoms with Crippen molar-refractivity contribution in [3.05, 3.63) is 35.8 Å². The molecule has 0 spiro atoms. The van der Waals surface area contributed by atoms with Gasteiger partial charge in [0.05, 0.1) is 12.1 Å². The van der Waals surface area contributed by atoms with E-state index in [9.17, 15) is 5.11 Å². The number of aliphatic hydroxyl groups excluding tert-OH is 1. The van der Waals surface area contributed by atoms with E-state index in [1.165, 1.54) is 18.4 Å². The fourth-order valence-electron chi connectivity index (χ4n) is 3.43. The molecule has 1 saturated carbocycles. The Hall–Kier alpha value is -2.01. The molecule has 2 N–H and O–H groups in total. The van der Waals surface area contributed by atoms with Gasteiger partial charge in [0.1, 0.15) is 5.82 Å². The van der Waals surface area contributed by atoms with E-state index in [1.54, 1.807) is 12.4 Å². The average Bonchev–Trinajstić information content (AvgIpc) is 3.34. The summed E-state index contributed by atoms with van der Waals surface area (Å²) in [4.78, 5) is 13.6. The topological polar surface area (TPSA) is 70.9 Å². The predicted molar refractivity (Wildman–Crippen MR) is 89.1 cm³/mol. The van der Waals surface area contributed by atoms with Crippen molar-refractivity contribution < 1.29 is 5.11 Å². The quantitative estimate of drug-likeness (QED) is 0.888. The lowest BCUT2D eigenvalue weighted by Gasteiger charge is -2.30. The minimum Gasteiger partial charge on any atom is -0.394 e. The van der Waals surface area contributed by atoms with Gasteiger partial charge in [0, 0.05) is 29.2 Å². The standard InChI is InChI=1S/C18H22N4O/c1-18(11-23,13-5-6-13)22-17-14-3-2-4-15(14)20-16(21-17)12-7-9-19-10-8-12/h7-10,13,23H,2-6,11H2,1H3,(H,20,21,22). The van der Waals surface area contributed by atoms with Crippen LogP contribution in [0.1, 0.15) is 37.4 Å². The summed E-state index contributed by atoms with van der Waals surface area (Å²) in [5, 5.41) is 13.4. The second-order valence-electron chi connectivity index (χ2n) is 6.89. The Labute approximate surface area is 136 Å². The molecule has 2 aromatic heterocycles. The largest absolute Gasteiger partial charge is 0.394 e. The number of aromatic nitrogens is 3. The third kappa shape index (κ3) is 2.70. The fraction of sp³-hybridized carbons (Fsp3) is 0.500. The van der Waals surface area contributed by atoms with Crippen LogP contribution < -0.4 is 5.32 Å². The Bertz CT molecular complexity index is 714. The molecule has 0 radical (unpaired) electrons. The monoisotopic (exact) mass is 310 g/mol. The van der Waals surface area contributed by atoms with E-state index in [0.717, 1.165) is 42.2 Å². The van der Waals surface area contributed by atoms with Gasteiger partial charge in [-0.3, -0.25) is 4.98 Å². The van der Waals surface area contributed by atoms with E-state index in [4.69, 9.17) is 9.97 Å². The van der Waals surface area contributed by atoms with Crippen molar-refractivity contribution in [1.82, 2.24) is 15.0 Å². The van der Waals surface area contributed by atoms with Crippen molar-refractivity contribution in [3.63, 3.8) is 0 Å². The molecule has 5 heteroatoms. The van der Waals surface area contributed by atoms with Crippen molar-refractivity contribution in [1.29, 1.82) is 0 Å². The molecule has 2 aliphatic rings. The Balaban J connectivity index is 1.75. The number of rotatable bonds is 5. The van der Waals surface area contributed by atoms with Gasteiger partial charge < -0.3 is 10.4 Å². The number of aryl methyl sites for hydroxylation is 1. The lowest BCUT2D eigenvalue weighted by molar-refractivity contribution is 0.205. The maximum Gasteiger partial charge on any atom is 0.161 e. The number of nitrogens with one attached hydrogen (secondary N) is 1. The Morgan fingerprint density at radius 3 is 2.70 bits per heavy atom. The Morgan fingerprint density at radius 1 is 1.22 bits per heavy atom. The average molecular weight is 310 g/mol. The highest BCUT2D eigenvalue weighted by Crippen LogP contribution is 2.42. The normalized spacial score (nSPS) is 19.2. The van der Waals surface area contributed by atoms with Crippen LogP contribution in [0.4, 0.5) is 5.82 Å². The van der Waals surface area contributed by atoms with Gasteiger partial charge in [0.15, 0.2) is 5.82 Å². The zero-order valence-corrected chi connectivity index (χ0v) is 13.4. The van der Waals surface area contributed by atoms with Gasteiger partial charge in [-0.25, -0.2) is 9.97 Å². The van der Waals surface area contributed by atoms with Crippen molar-refractivity contribution in [2.75, 3.05) is 11.9 Å². The van der Waals surface area contributed by atoms with Gasteiger partial charge in [0.2, 0.25) is 0 Å². The van der Waals surface area contributed by atoms with E-state index in [-0.39, 0.29) is 12.1 Å². The SMILES string of the molecule is CC(CO)(Nc1nc(-c2ccncc2)nc2c1CCC2)C1CC1. The molecule has 0 amide bonds. The molecule has 2 heterocycles. The second kappa shape index (κ2) is 5.57. The fourth-order valence-corrected chi connectivity index (χ4v) is 3.43. The minimum atomic E-state index is -0.291. The molecule has 0 aromatic carbocycles. The van der Waals surface area contributed by atoms with Crippen LogP contribution in [-0.4, -0.2) is 32.2 Å². The summed E-state index contributed by atoms with van der Waals surface area (Å²) in [5.74, 6) is 2.18. The van der Waals surface area contributed by atoms with E-state index in [2.05, 4.69) is 17.2 Å². The van der Waals surface area contributed by atoms with Crippen LogP contribution in [-0.2, 0) is 12.8 Å². The van der Waals surface area contributed by atoms with Gasteiger partial charge in [-0.05, 0) is 57.1 Å². The molecule has 5 nitrogen and oxygen atoms in total. The summed E-state index contributed by atoms with van der Waals surface area (Å²) in [7, 11) is 0. The number of pyridine rings is 1. The highest BCUT2D eigenvalue weighted by molar-refractivity contribution is 5.61. The molecular weight excluding hydrogens is 288 g/mol. The number of nitrogens with zero attached hydrogens (tertiary/aromatic N) is 3. The molecule has 4 rings (SSSR count). The third-order valence-electron chi connectivity index (χ3n) is 5.08. The van der Waals surface area contributed by atoms with Crippen molar-refractivity contribution in [2.45, 2.75) is 44.6 Å². The molecule has 0 bridgehead atoms. The zero-order chi connectivity index (χ0) is 15.9. The summed E-state index contributed by atoms with van der Waals surface area (Å²) in [6.45, 7) is 2.22. The Morgan fingerprint density at radius 2 is 2.00 bits per heavy atom. The molecule has 23 heavy (non-hydrogen) atoms. The molecule has 0 aliphatic heterocycles. The van der Waals surface area contributed by atoms with E-state index >= 15 is 0 Å². The smallest absolute Gasteiger partial charge is 0.161 e. The Kier molecular flexibility index (Phi) is 3.53. The number of hydrogen-bond acceptors (Lipinski definition) is 5. The van der Waals surface area contributed by atoms with E-state index in [1.807, 2.05) is 12.1 Å². The first-order valence-electron chi connectivity index (χ1n) is 8.39. The molecule has 2 aromatic rings. The molecule has 1 unspecified atom stereocenters. The second-order valence-corrected chi connectivity index (χ2v) is 6.89. The first-order valence-corrected chi connectivity index (χ1v) is 8.39. The summed E-state index contributed by atoms with van der Waals surface area (Å²) in [5.41, 5.74) is 3.06. The van der Waals surface area contributed by atoms with E-state index in [0.29, 0.717) is 5.92 Å². The van der Waals surface area contributed by atoms with Crippen molar-refractivity contribution in [3.8, 4) is 11.4 Å². The zero-order valence-electron chi connectivity index (χ0n) is 13.4. The lowest BCUT2D eigenvalue weighted by atomic mass is 9.96. The van der Waals surface area contributed by atoms with Gasteiger partial charge in [-0.2, -0.15) is 0 Å². The minimum absolute atomic E-state index is 0.126. The number of hydrogen-bond donors (Lipinski definition) is 2. The maximum absolute atomic E-state index is 9.88. The number of anilines is 1. The maximum atomic E-state index is 9.88. The highest BCUT2D eigenvalue weighted by atomic mass is 16.3. The van der Waals surface area contributed by atoms with Crippen LogP contribution in [0.5, 0.6) is 0 Å². The lowest BCUT2D eigenvalue weighted by Crippen LogP contribution is -2.41. The summed E-state index contributed by atoms with van der Waals surface area (Å²) in [6.07, 6.45) is 9.02. The van der Waals surface area contributed by atoms with Crippen LogP contribution in [0, 0.1) is 5.92 Å². The summed E-state index contributed by atoms with van der Waals surface area (Å²) in [6, 6.07) is 3.87. The van der Waals surface area contributed by atoms with Gasteiger partial charge in [0.25, 0.3) is 0 Å². The molecular formula is C18H22N4O. The molecule has 2 aliphatic carbocycles. The first-order chi connectivity index (χ1) is 11.2. The van der Waals surface area contributed by atoms with Gasteiger partial charge in [-0.1, -0.05) is 0 Å². The van der Waals surface area contributed by atoms with Crippen LogP contribution >= 0.6 is 0 Å². The summed E-state index contributed by atoms with van der Waals surface area (Å²) < 4.78 is 0. The van der Waals surface area contributed by atoms with Crippen LogP contribution in [0.2, 0.25) is 0 Å². The van der Waals surface area contributed by atoms with E-state index < -0.39 is 0 Å².